The van der Waals surface area contributed by atoms with Crippen LogP contribution < -0.4 is 5.32 Å². The second kappa shape index (κ2) is 5.55. The van der Waals surface area contributed by atoms with E-state index >= 15 is 0 Å². The van der Waals surface area contributed by atoms with E-state index in [-0.39, 0.29) is 37.7 Å². The van der Waals surface area contributed by atoms with Crippen LogP contribution in [0.25, 0.3) is 0 Å². The number of carboxylic acids is 1. The van der Waals surface area contributed by atoms with E-state index in [1.807, 2.05) is 0 Å². The van der Waals surface area contributed by atoms with Gasteiger partial charge in [0.2, 0.25) is 0 Å². The predicted octanol–water partition coefficient (Wildman–Crippen LogP) is 1.96. The molecule has 0 aromatic rings. The van der Waals surface area contributed by atoms with Crippen LogP contribution in [0.3, 0.4) is 0 Å². The third kappa shape index (κ3) is 4.70. The maximum Gasteiger partial charge on any atom is 0.403 e. The summed E-state index contributed by atoms with van der Waals surface area (Å²) in [5.41, 5.74) is 0. The van der Waals surface area contributed by atoms with Crippen molar-refractivity contribution in [2.24, 2.45) is 0 Å². The normalized spacial score (nSPS) is 26.1. The Bertz CT molecular complexity index is 222. The molecule has 1 aliphatic rings. The topological polar surface area (TPSA) is 49.3 Å². The highest BCUT2D eigenvalue weighted by molar-refractivity contribution is 5.85. The Morgan fingerprint density at radius 1 is 1.40 bits per heavy atom. The molecule has 1 saturated heterocycles. The lowest BCUT2D eigenvalue weighted by Crippen LogP contribution is -2.40. The lowest BCUT2D eigenvalue weighted by molar-refractivity contribution is -0.152. The second-order valence-corrected chi connectivity index (χ2v) is 3.47. The minimum absolute atomic E-state index is 0. The van der Waals surface area contributed by atoms with E-state index in [2.05, 4.69) is 5.32 Å². The molecule has 2 unspecified atom stereocenters. The number of nitrogens with one attached hydrogen (secondary N) is 1. The van der Waals surface area contributed by atoms with Gasteiger partial charge in [0.15, 0.2) is 0 Å². The molecule has 1 rings (SSSR count). The lowest BCUT2D eigenvalue weighted by Gasteiger charge is -2.16. The standard InChI is InChI=1S/C8H12F3NO2.ClH/c9-8(10,11)6-3-1-5(12-6)2-4-7(13)14;/h5-6,12H,1-4H2,(H,13,14);1H. The zero-order valence-corrected chi connectivity index (χ0v) is 8.70. The number of alkyl halides is 3. The molecule has 0 saturated carbocycles. The molecular weight excluding hydrogens is 235 g/mol. The number of rotatable bonds is 3. The van der Waals surface area contributed by atoms with Crippen LogP contribution in [0.1, 0.15) is 25.7 Å². The molecule has 3 nitrogen and oxygen atoms in total. The minimum Gasteiger partial charge on any atom is -0.481 e. The maximum absolute atomic E-state index is 12.2. The van der Waals surface area contributed by atoms with Crippen LogP contribution in [0.15, 0.2) is 0 Å². The van der Waals surface area contributed by atoms with Gasteiger partial charge in [-0.25, -0.2) is 0 Å². The Labute approximate surface area is 91.4 Å². The smallest absolute Gasteiger partial charge is 0.403 e. The number of hydrogen-bond acceptors (Lipinski definition) is 2. The third-order valence-electron chi connectivity index (χ3n) is 2.34. The van der Waals surface area contributed by atoms with Gasteiger partial charge < -0.3 is 10.4 Å². The molecule has 0 bridgehead atoms. The van der Waals surface area contributed by atoms with Crippen LogP contribution in [0, 0.1) is 0 Å². The quantitative estimate of drug-likeness (QED) is 0.802. The van der Waals surface area contributed by atoms with Crippen molar-refractivity contribution in [3.05, 3.63) is 0 Å². The van der Waals surface area contributed by atoms with Crippen LogP contribution >= 0.6 is 12.4 Å². The van der Waals surface area contributed by atoms with E-state index in [9.17, 15) is 18.0 Å². The van der Waals surface area contributed by atoms with Crippen molar-refractivity contribution >= 4 is 18.4 Å². The highest BCUT2D eigenvalue weighted by Crippen LogP contribution is 2.29. The van der Waals surface area contributed by atoms with Crippen molar-refractivity contribution in [2.75, 3.05) is 0 Å². The number of halogens is 4. The van der Waals surface area contributed by atoms with Crippen molar-refractivity contribution in [1.29, 1.82) is 0 Å². The Morgan fingerprint density at radius 3 is 2.40 bits per heavy atom. The molecule has 2 N–H and O–H groups in total. The molecule has 1 heterocycles. The van der Waals surface area contributed by atoms with Gasteiger partial charge in [-0.05, 0) is 19.3 Å². The zero-order valence-electron chi connectivity index (χ0n) is 7.88. The van der Waals surface area contributed by atoms with Crippen molar-refractivity contribution in [2.45, 2.75) is 43.9 Å². The van der Waals surface area contributed by atoms with Crippen molar-refractivity contribution in [3.8, 4) is 0 Å². The molecule has 0 aromatic carbocycles. The Hall–Kier alpha value is -0.490. The predicted molar refractivity (Wildman–Crippen MR) is 50.1 cm³/mol. The summed E-state index contributed by atoms with van der Waals surface area (Å²) in [6.07, 6.45) is -3.58. The summed E-state index contributed by atoms with van der Waals surface area (Å²) >= 11 is 0. The summed E-state index contributed by atoms with van der Waals surface area (Å²) in [4.78, 5) is 10.2. The average Bonchev–Trinajstić information content (AvgIpc) is 2.47. The van der Waals surface area contributed by atoms with Gasteiger partial charge in [0.1, 0.15) is 6.04 Å². The highest BCUT2D eigenvalue weighted by Gasteiger charge is 2.43. The van der Waals surface area contributed by atoms with E-state index in [0.717, 1.165) is 0 Å². The monoisotopic (exact) mass is 247 g/mol. The van der Waals surface area contributed by atoms with Gasteiger partial charge in [-0.15, -0.1) is 12.4 Å². The maximum atomic E-state index is 12.2. The molecule has 0 radical (unpaired) electrons. The first kappa shape index (κ1) is 14.5. The summed E-state index contributed by atoms with van der Waals surface area (Å²) in [5, 5.41) is 10.7. The molecule has 1 fully saturated rings. The van der Waals surface area contributed by atoms with E-state index in [1.165, 1.54) is 0 Å². The molecule has 90 valence electrons. The fourth-order valence-electron chi connectivity index (χ4n) is 1.60. The van der Waals surface area contributed by atoms with Crippen molar-refractivity contribution in [1.82, 2.24) is 5.32 Å². The largest absolute Gasteiger partial charge is 0.481 e. The van der Waals surface area contributed by atoms with Gasteiger partial charge in [0, 0.05) is 12.5 Å². The van der Waals surface area contributed by atoms with Gasteiger partial charge in [-0.1, -0.05) is 0 Å². The summed E-state index contributed by atoms with van der Waals surface area (Å²) in [5.74, 6) is -0.970. The SMILES string of the molecule is Cl.O=C(O)CCC1CCC(C(F)(F)F)N1. The number of hydrogen-bond donors (Lipinski definition) is 2. The van der Waals surface area contributed by atoms with Gasteiger partial charge >= 0.3 is 12.1 Å². The van der Waals surface area contributed by atoms with Gasteiger partial charge in [-0.3, -0.25) is 4.79 Å². The second-order valence-electron chi connectivity index (χ2n) is 3.47. The van der Waals surface area contributed by atoms with E-state index in [0.29, 0.717) is 6.42 Å². The van der Waals surface area contributed by atoms with E-state index in [4.69, 9.17) is 5.11 Å². The van der Waals surface area contributed by atoms with Gasteiger partial charge in [0.05, 0.1) is 0 Å². The van der Waals surface area contributed by atoms with Crippen molar-refractivity contribution < 1.29 is 23.1 Å². The summed E-state index contributed by atoms with van der Waals surface area (Å²) < 4.78 is 36.5. The van der Waals surface area contributed by atoms with E-state index < -0.39 is 18.2 Å². The summed E-state index contributed by atoms with van der Waals surface area (Å²) in [6.45, 7) is 0. The molecule has 1 aliphatic heterocycles. The Balaban J connectivity index is 0.00000196. The van der Waals surface area contributed by atoms with Crippen LogP contribution in [0.5, 0.6) is 0 Å². The zero-order chi connectivity index (χ0) is 10.8. The molecule has 0 amide bonds. The summed E-state index contributed by atoms with van der Waals surface area (Å²) in [7, 11) is 0. The molecule has 0 spiro atoms. The summed E-state index contributed by atoms with van der Waals surface area (Å²) in [6, 6.07) is -1.76. The highest BCUT2D eigenvalue weighted by atomic mass is 35.5. The molecule has 7 heteroatoms. The molecule has 2 atom stereocenters. The first-order chi connectivity index (χ1) is 6.39. The molecule has 0 aliphatic carbocycles. The Morgan fingerprint density at radius 2 is 2.00 bits per heavy atom. The lowest BCUT2D eigenvalue weighted by atomic mass is 10.1. The van der Waals surface area contributed by atoms with Crippen LogP contribution in [0.2, 0.25) is 0 Å². The number of aliphatic carboxylic acids is 1. The van der Waals surface area contributed by atoms with Gasteiger partial charge in [0.25, 0.3) is 0 Å². The van der Waals surface area contributed by atoms with Crippen LogP contribution in [-0.2, 0) is 4.79 Å². The van der Waals surface area contributed by atoms with Crippen LogP contribution in [0.4, 0.5) is 13.2 Å². The first-order valence-electron chi connectivity index (χ1n) is 4.44. The molecular formula is C8H13ClF3NO2. The number of carbonyl (C=O) groups is 1. The average molecular weight is 248 g/mol. The number of carboxylic acid groups (broad SMARTS) is 1. The van der Waals surface area contributed by atoms with Crippen LogP contribution in [-0.4, -0.2) is 29.3 Å². The fourth-order valence-corrected chi connectivity index (χ4v) is 1.60. The minimum atomic E-state index is -4.21. The van der Waals surface area contributed by atoms with Gasteiger partial charge in [-0.2, -0.15) is 13.2 Å². The Kier molecular flexibility index (Phi) is 5.37. The molecule has 0 aromatic heterocycles. The van der Waals surface area contributed by atoms with Crippen molar-refractivity contribution in [3.63, 3.8) is 0 Å². The first-order valence-corrected chi connectivity index (χ1v) is 4.44. The third-order valence-corrected chi connectivity index (χ3v) is 2.34. The molecule has 15 heavy (non-hydrogen) atoms. The van der Waals surface area contributed by atoms with E-state index in [1.54, 1.807) is 0 Å². The fraction of sp³-hybridized carbons (Fsp3) is 0.875.